The van der Waals surface area contributed by atoms with Crippen LogP contribution in [0.1, 0.15) is 80.4 Å². The molecule has 2 aromatic carbocycles. The van der Waals surface area contributed by atoms with E-state index in [9.17, 15) is 9.90 Å². The first-order valence-corrected chi connectivity index (χ1v) is 14.6. The number of nitrogens with zero attached hydrogens (tertiary/aromatic N) is 1. The van der Waals surface area contributed by atoms with Crippen LogP contribution in [-0.2, 0) is 19.5 Å². The van der Waals surface area contributed by atoms with Crippen molar-refractivity contribution in [2.45, 2.75) is 84.6 Å². The molecule has 6 rings (SSSR count). The van der Waals surface area contributed by atoms with E-state index in [2.05, 4.69) is 27.7 Å². The summed E-state index contributed by atoms with van der Waals surface area (Å²) in [5, 5.41) is 11.1. The monoisotopic (exact) mass is 549 g/mol. The van der Waals surface area contributed by atoms with E-state index in [1.165, 1.54) is 0 Å². The summed E-state index contributed by atoms with van der Waals surface area (Å²) in [6, 6.07) is 7.70. The van der Waals surface area contributed by atoms with Crippen LogP contribution in [0.4, 0.5) is 0 Å². The van der Waals surface area contributed by atoms with E-state index in [0.29, 0.717) is 36.1 Å². The lowest BCUT2D eigenvalue weighted by molar-refractivity contribution is -0.233. The summed E-state index contributed by atoms with van der Waals surface area (Å²) in [4.78, 5) is 15.7. The van der Waals surface area contributed by atoms with Crippen molar-refractivity contribution in [1.29, 1.82) is 0 Å². The van der Waals surface area contributed by atoms with Gasteiger partial charge in [-0.05, 0) is 67.2 Å². The van der Waals surface area contributed by atoms with Crippen LogP contribution < -0.4 is 18.9 Å². The highest BCUT2D eigenvalue weighted by molar-refractivity contribution is 6.00. The molecule has 2 aliphatic carbocycles. The van der Waals surface area contributed by atoms with Crippen molar-refractivity contribution in [1.82, 2.24) is 4.90 Å². The van der Waals surface area contributed by atoms with Gasteiger partial charge < -0.3 is 29.0 Å². The molecule has 40 heavy (non-hydrogen) atoms. The predicted octanol–water partition coefficient (Wildman–Crippen LogP) is 5.78. The van der Waals surface area contributed by atoms with Crippen molar-refractivity contribution in [3.63, 3.8) is 0 Å². The number of benzene rings is 2. The normalized spacial score (nSPS) is 31.9. The van der Waals surface area contributed by atoms with Gasteiger partial charge in [-0.15, -0.1) is 0 Å². The van der Waals surface area contributed by atoms with Gasteiger partial charge in [0.05, 0.1) is 39.5 Å². The number of aliphatic hydroxyl groups is 1. The van der Waals surface area contributed by atoms with Crippen molar-refractivity contribution in [2.75, 3.05) is 21.3 Å². The Balaban J connectivity index is 1.42. The third-order valence-corrected chi connectivity index (χ3v) is 11.2. The summed E-state index contributed by atoms with van der Waals surface area (Å²) >= 11 is 0. The van der Waals surface area contributed by atoms with Crippen LogP contribution in [-0.4, -0.2) is 48.9 Å². The zero-order chi connectivity index (χ0) is 28.6. The van der Waals surface area contributed by atoms with Gasteiger partial charge in [0.15, 0.2) is 11.5 Å². The lowest BCUT2D eigenvalue weighted by Crippen LogP contribution is -2.70. The maximum atomic E-state index is 13.8. The smallest absolute Gasteiger partial charge is 0.255 e. The molecule has 7 nitrogen and oxygen atoms in total. The molecule has 0 radical (unpaired) electrons. The van der Waals surface area contributed by atoms with Gasteiger partial charge in [-0.25, -0.2) is 0 Å². The molecule has 0 saturated heterocycles. The van der Waals surface area contributed by atoms with Gasteiger partial charge in [0.1, 0.15) is 17.1 Å². The van der Waals surface area contributed by atoms with Crippen molar-refractivity contribution in [3.8, 4) is 23.0 Å². The first-order valence-electron chi connectivity index (χ1n) is 14.6. The average molecular weight is 550 g/mol. The van der Waals surface area contributed by atoms with Crippen LogP contribution in [0.2, 0.25) is 0 Å². The molecule has 2 saturated carbocycles. The standard InChI is InChI=1S/C33H43NO6/c1-19-8-11-27-31(2,3)28(35)12-13-33(27)32(19,4)16-22-25(38-6)15-21-23(29(22)40-33)18-34(30(21)36)17-20-9-10-24(37-5)26(14-20)39-7/h9-10,14-15,19,27-28,35H,8,11-13,16-18H2,1-7H3/t19-,27-,28+,32+,33-/m0/s1. The fourth-order valence-electron chi connectivity index (χ4n) is 8.59. The second kappa shape index (κ2) is 9.30. The lowest BCUT2D eigenvalue weighted by atomic mass is 9.43. The zero-order valence-electron chi connectivity index (χ0n) is 24.9. The number of fused-ring (bicyclic) bond motifs is 3. The van der Waals surface area contributed by atoms with Crippen molar-refractivity contribution in [3.05, 3.63) is 46.5 Å². The SMILES string of the molecule is COc1ccc(CN2Cc3c(cc(OC)c4c3O[C@@]35CC[C@@H](O)C(C)(C)[C@@H]3CC[C@H](C)[C@@]5(C)C4)C2=O)cc1OC. The number of carbonyl (C=O) groups is 1. The van der Waals surface area contributed by atoms with Gasteiger partial charge in [0, 0.05) is 29.0 Å². The highest BCUT2D eigenvalue weighted by Gasteiger charge is 2.68. The molecule has 1 spiro atoms. The lowest BCUT2D eigenvalue weighted by Gasteiger charge is -2.67. The van der Waals surface area contributed by atoms with Crippen molar-refractivity contribution >= 4 is 5.91 Å². The van der Waals surface area contributed by atoms with E-state index in [1.54, 1.807) is 21.3 Å². The fraction of sp³-hybridized carbons (Fsp3) is 0.606. The maximum Gasteiger partial charge on any atom is 0.255 e. The molecule has 4 aliphatic rings. The fourth-order valence-corrected chi connectivity index (χ4v) is 8.59. The summed E-state index contributed by atoms with van der Waals surface area (Å²) < 4.78 is 24.2. The molecule has 2 heterocycles. The number of ether oxygens (including phenoxy) is 4. The van der Waals surface area contributed by atoms with Crippen molar-refractivity contribution in [2.24, 2.45) is 22.7 Å². The van der Waals surface area contributed by atoms with Crippen LogP contribution in [0.25, 0.3) is 0 Å². The number of rotatable bonds is 5. The second-order valence-corrected chi connectivity index (χ2v) is 13.3. The molecular formula is C33H43NO6. The highest BCUT2D eigenvalue weighted by atomic mass is 16.5. The van der Waals surface area contributed by atoms with E-state index in [0.717, 1.165) is 60.3 Å². The van der Waals surface area contributed by atoms with Gasteiger partial charge in [0.25, 0.3) is 5.91 Å². The average Bonchev–Trinajstić information content (AvgIpc) is 3.24. The number of amides is 1. The minimum absolute atomic E-state index is 0.0201. The largest absolute Gasteiger partial charge is 0.496 e. The van der Waals surface area contributed by atoms with E-state index < -0.39 is 5.60 Å². The Bertz CT molecular complexity index is 1350. The molecule has 2 fully saturated rings. The van der Waals surface area contributed by atoms with Crippen LogP contribution in [0.15, 0.2) is 24.3 Å². The van der Waals surface area contributed by atoms with Crippen LogP contribution in [0.5, 0.6) is 23.0 Å². The molecular weight excluding hydrogens is 506 g/mol. The quantitative estimate of drug-likeness (QED) is 0.510. The van der Waals surface area contributed by atoms with Crippen LogP contribution in [0.3, 0.4) is 0 Å². The van der Waals surface area contributed by atoms with Crippen LogP contribution >= 0.6 is 0 Å². The Morgan fingerprint density at radius 2 is 1.70 bits per heavy atom. The number of hydrogen-bond acceptors (Lipinski definition) is 6. The summed E-state index contributed by atoms with van der Waals surface area (Å²) in [5.41, 5.74) is 2.89. The molecule has 7 heteroatoms. The van der Waals surface area contributed by atoms with Crippen molar-refractivity contribution < 1.29 is 28.8 Å². The molecule has 0 bridgehead atoms. The van der Waals surface area contributed by atoms with Crippen LogP contribution in [0, 0.1) is 22.7 Å². The molecule has 2 aromatic rings. The van der Waals surface area contributed by atoms with E-state index in [4.69, 9.17) is 18.9 Å². The summed E-state index contributed by atoms with van der Waals surface area (Å²) in [7, 11) is 4.92. The van der Waals surface area contributed by atoms with Gasteiger partial charge in [-0.3, -0.25) is 4.79 Å². The van der Waals surface area contributed by atoms with Gasteiger partial charge >= 0.3 is 0 Å². The summed E-state index contributed by atoms with van der Waals surface area (Å²) in [6.07, 6.45) is 4.18. The molecule has 2 aliphatic heterocycles. The number of methoxy groups -OCH3 is 3. The highest BCUT2D eigenvalue weighted by Crippen LogP contribution is 2.67. The molecule has 5 atom stereocenters. The number of aliphatic hydroxyl groups excluding tert-OH is 1. The first-order chi connectivity index (χ1) is 19.0. The number of carbonyl (C=O) groups excluding carboxylic acids is 1. The minimum atomic E-state index is -0.402. The van der Waals surface area contributed by atoms with E-state index >= 15 is 0 Å². The molecule has 0 unspecified atom stereocenters. The Hall–Kier alpha value is -2.93. The summed E-state index contributed by atoms with van der Waals surface area (Å²) in [5.74, 6) is 3.53. The number of hydrogen-bond donors (Lipinski definition) is 1. The van der Waals surface area contributed by atoms with Gasteiger partial charge in [-0.1, -0.05) is 33.8 Å². The minimum Gasteiger partial charge on any atom is -0.496 e. The summed E-state index contributed by atoms with van der Waals surface area (Å²) in [6.45, 7) is 10.1. The Labute approximate surface area is 237 Å². The van der Waals surface area contributed by atoms with Gasteiger partial charge in [0.2, 0.25) is 0 Å². The molecule has 1 amide bonds. The first kappa shape index (κ1) is 27.3. The molecule has 1 N–H and O–H groups in total. The third kappa shape index (κ3) is 3.62. The second-order valence-electron chi connectivity index (χ2n) is 13.3. The third-order valence-electron chi connectivity index (χ3n) is 11.2. The van der Waals surface area contributed by atoms with E-state index in [-0.39, 0.29) is 28.8 Å². The molecule has 0 aromatic heterocycles. The molecule has 216 valence electrons. The Morgan fingerprint density at radius 3 is 2.40 bits per heavy atom. The topological polar surface area (TPSA) is 77.5 Å². The zero-order valence-corrected chi connectivity index (χ0v) is 24.9. The van der Waals surface area contributed by atoms with Gasteiger partial charge in [-0.2, -0.15) is 0 Å². The Morgan fingerprint density at radius 1 is 0.975 bits per heavy atom. The van der Waals surface area contributed by atoms with E-state index in [1.807, 2.05) is 29.2 Å². The maximum absolute atomic E-state index is 13.8. The predicted molar refractivity (Wildman–Crippen MR) is 152 cm³/mol. The Kier molecular flexibility index (Phi) is 6.34.